The highest BCUT2D eigenvalue weighted by Crippen LogP contribution is 2.28. The molecular formula is C15H13BrINO3. The Kier molecular flexibility index (Phi) is 5.46. The van der Waals surface area contributed by atoms with Crippen LogP contribution in [0.5, 0.6) is 11.5 Å². The SMILES string of the molecule is COc1ccc(C(=O)Nc2ccc(Br)cc2I)cc1OC. The number of amides is 1. The molecule has 2 aromatic rings. The second-order valence-corrected chi connectivity index (χ2v) is 6.23. The summed E-state index contributed by atoms with van der Waals surface area (Å²) in [5.41, 5.74) is 1.27. The minimum absolute atomic E-state index is 0.198. The normalized spacial score (nSPS) is 10.1. The van der Waals surface area contributed by atoms with Gasteiger partial charge in [-0.05, 0) is 59.0 Å². The lowest BCUT2D eigenvalue weighted by atomic mass is 10.2. The summed E-state index contributed by atoms with van der Waals surface area (Å²) in [6.07, 6.45) is 0. The van der Waals surface area contributed by atoms with Crippen LogP contribution in [0, 0.1) is 3.57 Å². The van der Waals surface area contributed by atoms with Gasteiger partial charge in [-0.2, -0.15) is 0 Å². The van der Waals surface area contributed by atoms with Gasteiger partial charge >= 0.3 is 0 Å². The molecule has 0 fully saturated rings. The third-order valence-corrected chi connectivity index (χ3v) is 4.21. The number of hydrogen-bond donors (Lipinski definition) is 1. The maximum absolute atomic E-state index is 12.3. The van der Waals surface area contributed by atoms with Crippen molar-refractivity contribution in [1.82, 2.24) is 0 Å². The number of anilines is 1. The van der Waals surface area contributed by atoms with E-state index >= 15 is 0 Å². The van der Waals surface area contributed by atoms with Crippen LogP contribution in [-0.4, -0.2) is 20.1 Å². The van der Waals surface area contributed by atoms with Crippen molar-refractivity contribution in [3.8, 4) is 11.5 Å². The highest BCUT2D eigenvalue weighted by molar-refractivity contribution is 14.1. The maximum atomic E-state index is 12.3. The van der Waals surface area contributed by atoms with Crippen LogP contribution in [0.15, 0.2) is 40.9 Å². The molecule has 0 saturated carbocycles. The first-order chi connectivity index (χ1) is 10.0. The van der Waals surface area contributed by atoms with E-state index in [1.807, 2.05) is 18.2 Å². The van der Waals surface area contributed by atoms with Crippen LogP contribution in [0.1, 0.15) is 10.4 Å². The van der Waals surface area contributed by atoms with Crippen molar-refractivity contribution in [2.24, 2.45) is 0 Å². The lowest BCUT2D eigenvalue weighted by Crippen LogP contribution is -2.13. The lowest BCUT2D eigenvalue weighted by Gasteiger charge is -2.11. The van der Waals surface area contributed by atoms with Gasteiger partial charge in [0.1, 0.15) is 0 Å². The van der Waals surface area contributed by atoms with E-state index in [9.17, 15) is 4.79 Å². The summed E-state index contributed by atoms with van der Waals surface area (Å²) < 4.78 is 12.3. The molecule has 0 heterocycles. The van der Waals surface area contributed by atoms with Crippen molar-refractivity contribution < 1.29 is 14.3 Å². The fourth-order valence-corrected chi connectivity index (χ4v) is 3.20. The Labute approximate surface area is 145 Å². The molecule has 2 rings (SSSR count). The van der Waals surface area contributed by atoms with E-state index in [0.717, 1.165) is 13.7 Å². The van der Waals surface area contributed by atoms with Crippen LogP contribution in [0.2, 0.25) is 0 Å². The minimum Gasteiger partial charge on any atom is -0.493 e. The Morgan fingerprint density at radius 1 is 1.10 bits per heavy atom. The van der Waals surface area contributed by atoms with Gasteiger partial charge in [-0.1, -0.05) is 15.9 Å². The average molecular weight is 462 g/mol. The van der Waals surface area contributed by atoms with Gasteiger partial charge in [-0.15, -0.1) is 0 Å². The van der Waals surface area contributed by atoms with Crippen LogP contribution in [0.4, 0.5) is 5.69 Å². The Balaban J connectivity index is 2.24. The average Bonchev–Trinajstić information content (AvgIpc) is 2.49. The summed E-state index contributed by atoms with van der Waals surface area (Å²) in [6.45, 7) is 0. The zero-order chi connectivity index (χ0) is 15.4. The van der Waals surface area contributed by atoms with E-state index in [1.165, 1.54) is 7.11 Å². The second kappa shape index (κ2) is 7.13. The number of rotatable bonds is 4. The van der Waals surface area contributed by atoms with Gasteiger partial charge in [0.05, 0.1) is 19.9 Å². The van der Waals surface area contributed by atoms with Crippen molar-refractivity contribution in [1.29, 1.82) is 0 Å². The summed E-state index contributed by atoms with van der Waals surface area (Å²) in [5.74, 6) is 0.916. The quantitative estimate of drug-likeness (QED) is 0.689. The summed E-state index contributed by atoms with van der Waals surface area (Å²) >= 11 is 5.57. The standard InChI is InChI=1S/C15H13BrINO3/c1-20-13-6-3-9(7-14(13)21-2)15(19)18-12-5-4-10(16)8-11(12)17/h3-8H,1-2H3,(H,18,19). The Hall–Kier alpha value is -1.28. The van der Waals surface area contributed by atoms with Crippen molar-refractivity contribution in [3.05, 3.63) is 50.0 Å². The molecule has 2 aromatic carbocycles. The smallest absolute Gasteiger partial charge is 0.255 e. The van der Waals surface area contributed by atoms with Crippen LogP contribution < -0.4 is 14.8 Å². The molecule has 0 atom stereocenters. The predicted octanol–water partition coefficient (Wildman–Crippen LogP) is 4.32. The molecule has 0 aromatic heterocycles. The van der Waals surface area contributed by atoms with Crippen LogP contribution in [0.3, 0.4) is 0 Å². The zero-order valence-corrected chi connectivity index (χ0v) is 15.2. The van der Waals surface area contributed by atoms with Gasteiger partial charge in [0, 0.05) is 13.6 Å². The molecule has 0 saturated heterocycles. The van der Waals surface area contributed by atoms with Crippen molar-refractivity contribution in [2.75, 3.05) is 19.5 Å². The number of methoxy groups -OCH3 is 2. The molecule has 0 spiro atoms. The highest BCUT2D eigenvalue weighted by atomic mass is 127. The number of carbonyl (C=O) groups excluding carboxylic acids is 1. The van der Waals surface area contributed by atoms with Gasteiger partial charge in [-0.25, -0.2) is 0 Å². The summed E-state index contributed by atoms with van der Waals surface area (Å²) in [4.78, 5) is 12.3. The topological polar surface area (TPSA) is 47.6 Å². The fraction of sp³-hybridized carbons (Fsp3) is 0.133. The lowest BCUT2D eigenvalue weighted by molar-refractivity contribution is 0.102. The Bertz CT molecular complexity index is 676. The molecular weight excluding hydrogens is 449 g/mol. The van der Waals surface area contributed by atoms with Gasteiger partial charge in [0.2, 0.25) is 0 Å². The van der Waals surface area contributed by atoms with Crippen LogP contribution in [0.25, 0.3) is 0 Å². The number of carbonyl (C=O) groups is 1. The molecule has 4 nitrogen and oxygen atoms in total. The molecule has 0 unspecified atom stereocenters. The molecule has 21 heavy (non-hydrogen) atoms. The minimum atomic E-state index is -0.198. The molecule has 0 aliphatic heterocycles. The van der Waals surface area contributed by atoms with Crippen LogP contribution in [-0.2, 0) is 0 Å². The third kappa shape index (κ3) is 3.88. The van der Waals surface area contributed by atoms with Gasteiger partial charge < -0.3 is 14.8 Å². The molecule has 1 amide bonds. The first-order valence-corrected chi connectivity index (χ1v) is 7.90. The number of benzene rings is 2. The molecule has 0 bridgehead atoms. The van der Waals surface area contributed by atoms with Crippen molar-refractivity contribution in [3.63, 3.8) is 0 Å². The van der Waals surface area contributed by atoms with E-state index in [4.69, 9.17) is 9.47 Å². The fourth-order valence-electron chi connectivity index (χ4n) is 1.76. The van der Waals surface area contributed by atoms with Gasteiger partial charge in [-0.3, -0.25) is 4.79 Å². The number of ether oxygens (including phenoxy) is 2. The summed E-state index contributed by atoms with van der Waals surface area (Å²) in [7, 11) is 3.10. The molecule has 6 heteroatoms. The summed E-state index contributed by atoms with van der Waals surface area (Å²) in [5, 5.41) is 2.88. The van der Waals surface area contributed by atoms with Gasteiger partial charge in [0.25, 0.3) is 5.91 Å². The summed E-state index contributed by atoms with van der Waals surface area (Å²) in [6, 6.07) is 10.7. The molecule has 110 valence electrons. The monoisotopic (exact) mass is 461 g/mol. The van der Waals surface area contributed by atoms with Gasteiger partial charge in [0.15, 0.2) is 11.5 Å². The van der Waals surface area contributed by atoms with Crippen molar-refractivity contribution in [2.45, 2.75) is 0 Å². The zero-order valence-electron chi connectivity index (χ0n) is 11.4. The van der Waals surface area contributed by atoms with Crippen LogP contribution >= 0.6 is 38.5 Å². The van der Waals surface area contributed by atoms with E-state index in [0.29, 0.717) is 17.1 Å². The third-order valence-electron chi connectivity index (χ3n) is 2.83. The number of halogens is 2. The molecule has 0 aliphatic carbocycles. The molecule has 0 aliphatic rings. The molecule has 1 N–H and O–H groups in total. The first kappa shape index (κ1) is 16.1. The predicted molar refractivity (Wildman–Crippen MR) is 94.4 cm³/mol. The Morgan fingerprint density at radius 3 is 2.43 bits per heavy atom. The highest BCUT2D eigenvalue weighted by Gasteiger charge is 2.12. The number of hydrogen-bond acceptors (Lipinski definition) is 3. The van der Waals surface area contributed by atoms with E-state index < -0.39 is 0 Å². The van der Waals surface area contributed by atoms with E-state index in [-0.39, 0.29) is 5.91 Å². The van der Waals surface area contributed by atoms with E-state index in [1.54, 1.807) is 25.3 Å². The first-order valence-electron chi connectivity index (χ1n) is 6.03. The van der Waals surface area contributed by atoms with E-state index in [2.05, 4.69) is 43.8 Å². The maximum Gasteiger partial charge on any atom is 0.255 e. The van der Waals surface area contributed by atoms with Crippen molar-refractivity contribution >= 4 is 50.1 Å². The number of nitrogens with one attached hydrogen (secondary N) is 1. The Morgan fingerprint density at radius 2 is 1.81 bits per heavy atom. The second-order valence-electron chi connectivity index (χ2n) is 4.15. The largest absolute Gasteiger partial charge is 0.493 e. The molecule has 0 radical (unpaired) electrons.